The fourth-order valence-corrected chi connectivity index (χ4v) is 0.524. The molecule has 1 rings (SSSR count). The number of β-amino-alcohol motifs (C(OH)–C–C–N with tert-alkyl or cyclic N) is 1. The van der Waals surface area contributed by atoms with Gasteiger partial charge in [0.2, 0.25) is 0 Å². The predicted molar refractivity (Wildman–Crippen MR) is 31.8 cm³/mol. The molecule has 0 bridgehead atoms. The van der Waals surface area contributed by atoms with Gasteiger partial charge in [-0.3, -0.25) is 0 Å². The molecule has 0 aromatic carbocycles. The minimum Gasteiger partial charge on any atom is -0.392 e. The first kappa shape index (κ1) is 8.17. The first-order chi connectivity index (χ1) is 3.39. The molecule has 4 heteroatoms. The van der Waals surface area contributed by atoms with Crippen molar-refractivity contribution in [2.75, 3.05) is 13.2 Å². The predicted octanol–water partition coefficient (Wildman–Crippen LogP) is -0.306. The van der Waals surface area contributed by atoms with Gasteiger partial charge in [-0.15, -0.1) is 12.4 Å². The van der Waals surface area contributed by atoms with Gasteiger partial charge in [0.25, 0.3) is 0 Å². The van der Waals surface area contributed by atoms with Gasteiger partial charge in [-0.2, -0.15) is 5.48 Å². The molecule has 0 radical (unpaired) electrons. The van der Waals surface area contributed by atoms with Gasteiger partial charge in [0.05, 0.1) is 12.7 Å². The zero-order valence-corrected chi connectivity index (χ0v) is 5.28. The van der Waals surface area contributed by atoms with Gasteiger partial charge in [0.1, 0.15) is 0 Å². The summed E-state index contributed by atoms with van der Waals surface area (Å²) < 4.78 is 0. The Morgan fingerprint density at radius 1 is 1.62 bits per heavy atom. The molecule has 0 saturated carbocycles. The van der Waals surface area contributed by atoms with Crippen molar-refractivity contribution < 1.29 is 9.94 Å². The quantitative estimate of drug-likeness (QED) is 0.484. The molecule has 1 unspecified atom stereocenters. The van der Waals surface area contributed by atoms with E-state index < -0.39 is 0 Å². The molecule has 0 spiro atoms. The van der Waals surface area contributed by atoms with Crippen molar-refractivity contribution in [3.8, 4) is 0 Å². The third-order valence-corrected chi connectivity index (χ3v) is 0.974. The molecule has 0 aliphatic carbocycles. The average Bonchev–Trinajstić information content (AvgIpc) is 1.69. The number of hydroxylamine groups is 1. The van der Waals surface area contributed by atoms with E-state index >= 15 is 0 Å². The van der Waals surface area contributed by atoms with Gasteiger partial charge in [-0.25, -0.2) is 0 Å². The maximum absolute atomic E-state index is 8.77. The van der Waals surface area contributed by atoms with Crippen LogP contribution in [0.25, 0.3) is 0 Å². The lowest BCUT2D eigenvalue weighted by molar-refractivity contribution is -0.0413. The summed E-state index contributed by atoms with van der Waals surface area (Å²) in [5.41, 5.74) is 2.58. The maximum Gasteiger partial charge on any atom is 0.0710 e. The van der Waals surface area contributed by atoms with E-state index in [1.54, 1.807) is 0 Å². The number of hydrogen-bond acceptors (Lipinski definition) is 3. The standard InChI is InChI=1S/C4H9NO2.ClH/c6-4-1-2-7-5-3-4;/h4-6H,1-3H2;1H. The van der Waals surface area contributed by atoms with Crippen molar-refractivity contribution in [3.63, 3.8) is 0 Å². The molecular formula is C4H10ClNO2. The maximum atomic E-state index is 8.77. The zero-order valence-electron chi connectivity index (χ0n) is 4.46. The van der Waals surface area contributed by atoms with E-state index in [1.807, 2.05) is 0 Å². The second-order valence-corrected chi connectivity index (χ2v) is 1.64. The van der Waals surface area contributed by atoms with Crippen LogP contribution in [0, 0.1) is 0 Å². The first-order valence-electron chi connectivity index (χ1n) is 2.42. The smallest absolute Gasteiger partial charge is 0.0710 e. The summed E-state index contributed by atoms with van der Waals surface area (Å²) in [5, 5.41) is 8.77. The molecule has 0 aromatic heterocycles. The van der Waals surface area contributed by atoms with Crippen molar-refractivity contribution in [2.24, 2.45) is 0 Å². The summed E-state index contributed by atoms with van der Waals surface area (Å²) in [6.07, 6.45) is 0.557. The minimum atomic E-state index is -0.200. The lowest BCUT2D eigenvalue weighted by atomic mass is 10.2. The third kappa shape index (κ3) is 2.47. The van der Waals surface area contributed by atoms with E-state index in [-0.39, 0.29) is 18.5 Å². The van der Waals surface area contributed by atoms with E-state index in [9.17, 15) is 0 Å². The monoisotopic (exact) mass is 139 g/mol. The highest BCUT2D eigenvalue weighted by atomic mass is 35.5. The molecule has 50 valence electrons. The fourth-order valence-electron chi connectivity index (χ4n) is 0.524. The number of aliphatic hydroxyl groups excluding tert-OH is 1. The molecule has 1 heterocycles. The summed E-state index contributed by atoms with van der Waals surface area (Å²) >= 11 is 0. The number of halogens is 1. The van der Waals surface area contributed by atoms with Gasteiger partial charge in [-0.05, 0) is 6.42 Å². The largest absolute Gasteiger partial charge is 0.392 e. The molecule has 1 fully saturated rings. The molecule has 1 aliphatic heterocycles. The summed E-state index contributed by atoms with van der Waals surface area (Å²) in [4.78, 5) is 4.73. The average molecular weight is 140 g/mol. The molecule has 1 atom stereocenters. The van der Waals surface area contributed by atoms with Crippen LogP contribution in [-0.4, -0.2) is 24.4 Å². The van der Waals surface area contributed by atoms with E-state index in [2.05, 4.69) is 5.48 Å². The van der Waals surface area contributed by atoms with Crippen LogP contribution in [0.1, 0.15) is 6.42 Å². The van der Waals surface area contributed by atoms with Crippen LogP contribution in [0.5, 0.6) is 0 Å². The lowest BCUT2D eigenvalue weighted by Gasteiger charge is -2.16. The first-order valence-corrected chi connectivity index (χ1v) is 2.42. The normalized spacial score (nSPS) is 28.9. The Morgan fingerprint density at radius 3 is 2.62 bits per heavy atom. The third-order valence-electron chi connectivity index (χ3n) is 0.974. The lowest BCUT2D eigenvalue weighted by Crippen LogP contribution is -2.34. The molecule has 3 nitrogen and oxygen atoms in total. The zero-order chi connectivity index (χ0) is 5.11. The van der Waals surface area contributed by atoms with Gasteiger partial charge >= 0.3 is 0 Å². The van der Waals surface area contributed by atoms with Crippen LogP contribution >= 0.6 is 12.4 Å². The fraction of sp³-hybridized carbons (Fsp3) is 1.00. The SMILES string of the molecule is Cl.OC1CCONC1. The van der Waals surface area contributed by atoms with Crippen molar-refractivity contribution in [3.05, 3.63) is 0 Å². The minimum absolute atomic E-state index is 0. The molecule has 1 aliphatic rings. The molecule has 0 amide bonds. The Bertz CT molecular complexity index is 56.0. The van der Waals surface area contributed by atoms with Crippen LogP contribution in [0.4, 0.5) is 0 Å². The number of aliphatic hydroxyl groups is 1. The number of hydrogen-bond donors (Lipinski definition) is 2. The van der Waals surface area contributed by atoms with Crippen LogP contribution in [0.2, 0.25) is 0 Å². The Balaban J connectivity index is 0.000000490. The van der Waals surface area contributed by atoms with E-state index in [1.165, 1.54) is 0 Å². The van der Waals surface area contributed by atoms with Gasteiger partial charge in [0.15, 0.2) is 0 Å². The second-order valence-electron chi connectivity index (χ2n) is 1.64. The molecule has 0 aromatic rings. The second kappa shape index (κ2) is 4.09. The van der Waals surface area contributed by atoms with Crippen molar-refractivity contribution >= 4 is 12.4 Å². The van der Waals surface area contributed by atoms with Crippen molar-refractivity contribution in [2.45, 2.75) is 12.5 Å². The topological polar surface area (TPSA) is 41.5 Å². The van der Waals surface area contributed by atoms with Crippen LogP contribution in [0.15, 0.2) is 0 Å². The van der Waals surface area contributed by atoms with Crippen LogP contribution in [-0.2, 0) is 4.84 Å². The summed E-state index contributed by atoms with van der Waals surface area (Å²) in [6, 6.07) is 0. The molecule has 2 N–H and O–H groups in total. The Labute approximate surface area is 54.4 Å². The molecule has 8 heavy (non-hydrogen) atoms. The molecular weight excluding hydrogens is 130 g/mol. The van der Waals surface area contributed by atoms with Crippen LogP contribution < -0.4 is 5.48 Å². The van der Waals surface area contributed by atoms with Crippen LogP contribution in [0.3, 0.4) is 0 Å². The Kier molecular flexibility index (Phi) is 4.18. The summed E-state index contributed by atoms with van der Waals surface area (Å²) in [5.74, 6) is 0. The highest BCUT2D eigenvalue weighted by Crippen LogP contribution is 1.94. The van der Waals surface area contributed by atoms with Crippen molar-refractivity contribution in [1.82, 2.24) is 5.48 Å². The Morgan fingerprint density at radius 2 is 2.38 bits per heavy atom. The van der Waals surface area contributed by atoms with E-state index in [0.29, 0.717) is 13.2 Å². The highest BCUT2D eigenvalue weighted by molar-refractivity contribution is 5.85. The Hall–Kier alpha value is 0.170. The van der Waals surface area contributed by atoms with Gasteiger partial charge in [-0.1, -0.05) is 0 Å². The highest BCUT2D eigenvalue weighted by Gasteiger charge is 2.07. The van der Waals surface area contributed by atoms with E-state index in [0.717, 1.165) is 6.42 Å². The summed E-state index contributed by atoms with van der Waals surface area (Å²) in [6.45, 7) is 1.20. The molecule has 1 saturated heterocycles. The van der Waals surface area contributed by atoms with Crippen molar-refractivity contribution in [1.29, 1.82) is 0 Å². The number of rotatable bonds is 0. The van der Waals surface area contributed by atoms with Gasteiger partial charge < -0.3 is 9.94 Å². The van der Waals surface area contributed by atoms with E-state index in [4.69, 9.17) is 9.94 Å². The number of nitrogens with one attached hydrogen (secondary N) is 1. The summed E-state index contributed by atoms with van der Waals surface area (Å²) in [7, 11) is 0. The van der Waals surface area contributed by atoms with Gasteiger partial charge in [0, 0.05) is 6.54 Å².